The van der Waals surface area contributed by atoms with Gasteiger partial charge in [-0.2, -0.15) is 0 Å². The zero-order chi connectivity index (χ0) is 8.39. The molecule has 0 saturated carbocycles. The summed E-state index contributed by atoms with van der Waals surface area (Å²) in [6, 6.07) is 3.82. The molecule has 60 valence electrons. The number of hydrogen-bond acceptors (Lipinski definition) is 3. The first-order chi connectivity index (χ1) is 5.92. The Bertz CT molecular complexity index is 422. The van der Waals surface area contributed by atoms with Crippen LogP contribution >= 0.6 is 0 Å². The number of nitrogens with zero attached hydrogens (tertiary/aromatic N) is 2. The number of fused-ring (bicyclic) bond motifs is 1. The Hall–Kier alpha value is -1.51. The first-order valence-corrected chi connectivity index (χ1v) is 3.89. The van der Waals surface area contributed by atoms with Crippen molar-refractivity contribution in [2.75, 3.05) is 0 Å². The maximum absolute atomic E-state index is 10.4. The Morgan fingerprint density at radius 2 is 2.42 bits per heavy atom. The first kappa shape index (κ1) is 7.16. The van der Waals surface area contributed by atoms with Gasteiger partial charge in [0.2, 0.25) is 0 Å². The smallest absolute Gasteiger partial charge is 0.111 e. The van der Waals surface area contributed by atoms with E-state index in [1.165, 1.54) is 0 Å². The molecule has 0 fully saturated rings. The lowest BCUT2D eigenvalue weighted by molar-refractivity contribution is 1.01. The molecule has 0 aromatic carbocycles. The minimum Gasteiger partial charge on any atom is -0.254 e. The molecule has 0 spiro atoms. The average Bonchev–Trinajstić information content (AvgIpc) is 2.17. The third-order valence-electron chi connectivity index (χ3n) is 1.97. The second-order valence-electron chi connectivity index (χ2n) is 2.72. The summed E-state index contributed by atoms with van der Waals surface area (Å²) in [5.74, 6) is 0. The summed E-state index contributed by atoms with van der Waals surface area (Å²) < 4.78 is 0. The van der Waals surface area contributed by atoms with E-state index in [1.807, 2.05) is 12.1 Å². The molecule has 0 saturated heterocycles. The summed E-state index contributed by atoms with van der Waals surface area (Å²) in [5, 5.41) is 4.75. The molecule has 3 heteroatoms. The average molecular weight is 160 g/mol. The van der Waals surface area contributed by atoms with E-state index in [4.69, 9.17) is 0 Å². The maximum Gasteiger partial charge on any atom is 0.111 e. The molecule has 3 nitrogen and oxygen atoms in total. The lowest BCUT2D eigenvalue weighted by Crippen LogP contribution is -2.31. The van der Waals surface area contributed by atoms with Crippen molar-refractivity contribution in [1.29, 1.82) is 0 Å². The molecule has 0 bridgehead atoms. The molecule has 1 heterocycles. The van der Waals surface area contributed by atoms with E-state index in [2.05, 4.69) is 16.2 Å². The summed E-state index contributed by atoms with van der Waals surface area (Å²) in [7, 11) is 0. The highest BCUT2D eigenvalue weighted by Gasteiger charge is 2.04. The van der Waals surface area contributed by atoms with Crippen LogP contribution in [-0.2, 0) is 0 Å². The molecule has 0 unspecified atom stereocenters. The van der Waals surface area contributed by atoms with Gasteiger partial charge in [-0.25, -0.2) is 0 Å². The summed E-state index contributed by atoms with van der Waals surface area (Å²) in [6.07, 6.45) is 5.37. The molecular weight excluding hydrogens is 152 g/mol. The monoisotopic (exact) mass is 160 g/mol. The Morgan fingerprint density at radius 3 is 3.25 bits per heavy atom. The standard InChI is InChI=1S/C9H8N2O/c12-11-8-5-1-3-7-4-2-6-10-9(7)8/h2-4,6H,1,5H2. The van der Waals surface area contributed by atoms with E-state index in [0.29, 0.717) is 12.1 Å². The highest BCUT2D eigenvalue weighted by atomic mass is 16.3. The number of rotatable bonds is 1. The highest BCUT2D eigenvalue weighted by Crippen LogP contribution is 2.07. The predicted molar refractivity (Wildman–Crippen MR) is 46.4 cm³/mol. The topological polar surface area (TPSA) is 42.3 Å². The van der Waals surface area contributed by atoms with Gasteiger partial charge in [0.05, 0.1) is 5.35 Å². The summed E-state index contributed by atoms with van der Waals surface area (Å²) in [4.78, 5) is 14.5. The van der Waals surface area contributed by atoms with Gasteiger partial charge in [0.15, 0.2) is 0 Å². The van der Waals surface area contributed by atoms with Crippen LogP contribution in [0.2, 0.25) is 0 Å². The molecule has 12 heavy (non-hydrogen) atoms. The third-order valence-corrected chi connectivity index (χ3v) is 1.97. The Labute approximate surface area is 69.4 Å². The molecular formula is C9H8N2O. The van der Waals surface area contributed by atoms with E-state index in [-0.39, 0.29) is 0 Å². The predicted octanol–water partition coefficient (Wildman–Crippen LogP) is 0.530. The van der Waals surface area contributed by atoms with E-state index in [0.717, 1.165) is 17.0 Å². The van der Waals surface area contributed by atoms with E-state index in [1.54, 1.807) is 6.20 Å². The second kappa shape index (κ2) is 2.85. The van der Waals surface area contributed by atoms with E-state index in [9.17, 15) is 4.91 Å². The SMILES string of the molecule is O=NC1=c2ncccc2=CCC1. The van der Waals surface area contributed by atoms with E-state index < -0.39 is 0 Å². The van der Waals surface area contributed by atoms with Crippen molar-refractivity contribution in [1.82, 2.24) is 4.98 Å². The van der Waals surface area contributed by atoms with Gasteiger partial charge in [-0.3, -0.25) is 4.98 Å². The number of aromatic nitrogens is 1. The van der Waals surface area contributed by atoms with Gasteiger partial charge in [0.1, 0.15) is 5.70 Å². The van der Waals surface area contributed by atoms with Crippen molar-refractivity contribution >= 4 is 11.8 Å². The van der Waals surface area contributed by atoms with Crippen molar-refractivity contribution < 1.29 is 0 Å². The van der Waals surface area contributed by atoms with Crippen LogP contribution in [0.3, 0.4) is 0 Å². The molecule has 0 amide bonds. The molecule has 1 aliphatic rings. The van der Waals surface area contributed by atoms with Gasteiger partial charge in [-0.1, -0.05) is 12.1 Å². The van der Waals surface area contributed by atoms with E-state index >= 15 is 0 Å². The normalized spacial score (nSPS) is 14.8. The number of hydrogen-bond donors (Lipinski definition) is 0. The lowest BCUT2D eigenvalue weighted by Gasteiger charge is -2.01. The molecule has 1 aromatic heterocycles. The molecule has 1 aliphatic carbocycles. The molecule has 1 aromatic rings. The van der Waals surface area contributed by atoms with Gasteiger partial charge in [0, 0.05) is 6.20 Å². The minimum atomic E-state index is 0.577. The zero-order valence-electron chi connectivity index (χ0n) is 6.53. The summed E-state index contributed by atoms with van der Waals surface area (Å²) >= 11 is 0. The molecule has 0 aliphatic heterocycles. The van der Waals surface area contributed by atoms with Crippen molar-refractivity contribution in [3.63, 3.8) is 0 Å². The maximum atomic E-state index is 10.4. The zero-order valence-corrected chi connectivity index (χ0v) is 6.53. The van der Waals surface area contributed by atoms with Crippen LogP contribution in [0.4, 0.5) is 0 Å². The Morgan fingerprint density at radius 1 is 1.50 bits per heavy atom. The van der Waals surface area contributed by atoms with Crippen LogP contribution in [0.15, 0.2) is 23.5 Å². The summed E-state index contributed by atoms with van der Waals surface area (Å²) in [5.41, 5.74) is 0.577. The first-order valence-electron chi connectivity index (χ1n) is 3.89. The van der Waals surface area contributed by atoms with Crippen molar-refractivity contribution in [2.45, 2.75) is 12.8 Å². The van der Waals surface area contributed by atoms with Gasteiger partial charge >= 0.3 is 0 Å². The fourth-order valence-corrected chi connectivity index (χ4v) is 1.40. The van der Waals surface area contributed by atoms with Crippen LogP contribution < -0.4 is 10.6 Å². The number of nitroso groups, excluding NO2 is 1. The third kappa shape index (κ3) is 1.03. The second-order valence-corrected chi connectivity index (χ2v) is 2.72. The Balaban J connectivity index is 2.87. The molecule has 0 radical (unpaired) electrons. The minimum absolute atomic E-state index is 0.577. The van der Waals surface area contributed by atoms with Gasteiger partial charge in [-0.05, 0) is 29.3 Å². The van der Waals surface area contributed by atoms with Gasteiger partial charge in [0.25, 0.3) is 0 Å². The molecule has 2 rings (SSSR count). The largest absolute Gasteiger partial charge is 0.254 e. The lowest BCUT2D eigenvalue weighted by atomic mass is 10.1. The quantitative estimate of drug-likeness (QED) is 0.562. The number of pyridine rings is 1. The van der Waals surface area contributed by atoms with Crippen LogP contribution in [0, 0.1) is 4.91 Å². The van der Waals surface area contributed by atoms with Gasteiger partial charge < -0.3 is 0 Å². The molecule has 0 atom stereocenters. The van der Waals surface area contributed by atoms with Crippen LogP contribution in [0.25, 0.3) is 11.8 Å². The van der Waals surface area contributed by atoms with Crippen LogP contribution in [0.5, 0.6) is 0 Å². The van der Waals surface area contributed by atoms with Gasteiger partial charge in [-0.15, -0.1) is 4.91 Å². The summed E-state index contributed by atoms with van der Waals surface area (Å²) in [6.45, 7) is 0. The molecule has 0 N–H and O–H groups in total. The Kier molecular flexibility index (Phi) is 1.70. The fourth-order valence-electron chi connectivity index (χ4n) is 1.40. The van der Waals surface area contributed by atoms with Crippen LogP contribution in [0.1, 0.15) is 12.8 Å². The van der Waals surface area contributed by atoms with Crippen molar-refractivity contribution in [2.24, 2.45) is 5.18 Å². The van der Waals surface area contributed by atoms with Crippen molar-refractivity contribution in [3.05, 3.63) is 33.8 Å². The van der Waals surface area contributed by atoms with Crippen LogP contribution in [-0.4, -0.2) is 4.98 Å². The van der Waals surface area contributed by atoms with Crippen molar-refractivity contribution in [3.8, 4) is 0 Å². The highest BCUT2D eigenvalue weighted by molar-refractivity contribution is 5.47. The fraction of sp³-hybridized carbons (Fsp3) is 0.222.